The number of aliphatic hydroxyl groups is 2. The van der Waals surface area contributed by atoms with E-state index in [9.17, 15) is 24.6 Å². The molecule has 0 aliphatic carbocycles. The summed E-state index contributed by atoms with van der Waals surface area (Å²) in [7, 11) is 0. The maximum absolute atomic E-state index is 11.7. The first-order valence-electron chi connectivity index (χ1n) is 9.20. The Bertz CT molecular complexity index is 704. The van der Waals surface area contributed by atoms with Crippen molar-refractivity contribution in [1.29, 1.82) is 0 Å². The van der Waals surface area contributed by atoms with Gasteiger partial charge in [0.15, 0.2) is 11.4 Å². The molecule has 0 fully saturated rings. The largest absolute Gasteiger partial charge is 0.481 e. The first kappa shape index (κ1) is 24.1. The Labute approximate surface area is 169 Å². The van der Waals surface area contributed by atoms with Gasteiger partial charge in [-0.15, -0.1) is 0 Å². The first-order valence-corrected chi connectivity index (χ1v) is 9.58. The fourth-order valence-corrected chi connectivity index (χ4v) is 3.29. The van der Waals surface area contributed by atoms with Crippen molar-refractivity contribution in [1.82, 2.24) is 0 Å². The van der Waals surface area contributed by atoms with Crippen molar-refractivity contribution in [3.63, 3.8) is 0 Å². The highest BCUT2D eigenvalue weighted by Gasteiger charge is 2.40. The van der Waals surface area contributed by atoms with Gasteiger partial charge in [-0.25, -0.2) is 4.79 Å². The zero-order chi connectivity index (χ0) is 21.3. The zero-order valence-electron chi connectivity index (χ0n) is 15.9. The van der Waals surface area contributed by atoms with Crippen molar-refractivity contribution >= 4 is 29.3 Å². The highest BCUT2D eigenvalue weighted by molar-refractivity contribution is 6.31. The molecule has 0 heterocycles. The zero-order valence-corrected chi connectivity index (χ0v) is 16.6. The van der Waals surface area contributed by atoms with Crippen LogP contribution in [-0.4, -0.2) is 49.9 Å². The van der Waals surface area contributed by atoms with Crippen LogP contribution in [0.4, 0.5) is 0 Å². The van der Waals surface area contributed by atoms with E-state index in [0.717, 1.165) is 31.2 Å². The summed E-state index contributed by atoms with van der Waals surface area (Å²) >= 11 is 5.92. The molecule has 0 bridgehead atoms. The number of carboxylic acid groups (broad SMARTS) is 2. The van der Waals surface area contributed by atoms with Gasteiger partial charge in [0.25, 0.3) is 0 Å². The van der Waals surface area contributed by atoms with Crippen molar-refractivity contribution in [2.24, 2.45) is 0 Å². The molecule has 0 amide bonds. The molecule has 1 aromatic carbocycles. The molecule has 28 heavy (non-hydrogen) atoms. The molecular formula is C20H27ClO7. The van der Waals surface area contributed by atoms with E-state index in [-0.39, 0.29) is 12.2 Å². The fourth-order valence-electron chi connectivity index (χ4n) is 3.12. The molecule has 0 saturated heterocycles. The lowest BCUT2D eigenvalue weighted by atomic mass is 9.90. The van der Waals surface area contributed by atoms with Gasteiger partial charge in [0.1, 0.15) is 0 Å². The van der Waals surface area contributed by atoms with Crippen molar-refractivity contribution in [2.45, 2.75) is 70.0 Å². The molecule has 0 aromatic heterocycles. The number of carboxylic acids is 2. The number of unbranched alkanes of at least 4 members (excludes halogenated alkanes) is 3. The van der Waals surface area contributed by atoms with Gasteiger partial charge in [0.2, 0.25) is 0 Å². The molecule has 1 aromatic rings. The van der Waals surface area contributed by atoms with Gasteiger partial charge in [-0.05, 0) is 43.9 Å². The van der Waals surface area contributed by atoms with E-state index in [1.807, 2.05) is 6.07 Å². The predicted octanol–water partition coefficient (Wildman–Crippen LogP) is 3.08. The van der Waals surface area contributed by atoms with E-state index in [1.54, 1.807) is 12.1 Å². The van der Waals surface area contributed by atoms with E-state index in [1.165, 1.54) is 6.92 Å². The molecule has 0 aliphatic rings. The van der Waals surface area contributed by atoms with E-state index in [0.29, 0.717) is 17.0 Å². The molecule has 2 atom stereocenters. The van der Waals surface area contributed by atoms with E-state index >= 15 is 0 Å². The van der Waals surface area contributed by atoms with Crippen LogP contribution < -0.4 is 0 Å². The number of aliphatic hydroxyl groups excluding tert-OH is 1. The lowest BCUT2D eigenvalue weighted by Gasteiger charge is -2.24. The van der Waals surface area contributed by atoms with Crippen LogP contribution in [0.15, 0.2) is 18.2 Å². The summed E-state index contributed by atoms with van der Waals surface area (Å²) in [6.07, 6.45) is 1.51. The van der Waals surface area contributed by atoms with Gasteiger partial charge in [0.05, 0.1) is 12.5 Å². The number of hydrogen-bond acceptors (Lipinski definition) is 5. The fraction of sp³-hybridized carbons (Fsp3) is 0.550. The number of rotatable bonds is 13. The molecule has 156 valence electrons. The van der Waals surface area contributed by atoms with Crippen molar-refractivity contribution < 1.29 is 34.8 Å². The predicted molar refractivity (Wildman–Crippen MR) is 104 cm³/mol. The van der Waals surface area contributed by atoms with Gasteiger partial charge >= 0.3 is 11.9 Å². The highest BCUT2D eigenvalue weighted by Crippen LogP contribution is 2.22. The maximum Gasteiger partial charge on any atom is 0.336 e. The minimum absolute atomic E-state index is 0.0344. The van der Waals surface area contributed by atoms with Crippen LogP contribution >= 0.6 is 11.6 Å². The number of aryl methyl sites for hydroxylation is 1. The van der Waals surface area contributed by atoms with Crippen LogP contribution in [0.25, 0.3) is 0 Å². The molecule has 0 saturated carbocycles. The second-order valence-corrected chi connectivity index (χ2v) is 7.51. The molecule has 0 radical (unpaired) electrons. The summed E-state index contributed by atoms with van der Waals surface area (Å²) in [5.74, 6) is -3.13. The van der Waals surface area contributed by atoms with Gasteiger partial charge in [-0.2, -0.15) is 0 Å². The van der Waals surface area contributed by atoms with Crippen LogP contribution in [0.2, 0.25) is 5.02 Å². The molecule has 8 heteroatoms. The normalized spacial score (nSPS) is 14.3. The van der Waals surface area contributed by atoms with Crippen molar-refractivity contribution in [2.75, 3.05) is 0 Å². The average molecular weight is 415 g/mol. The van der Waals surface area contributed by atoms with Crippen LogP contribution in [0.5, 0.6) is 0 Å². The molecular weight excluding hydrogens is 388 g/mol. The Morgan fingerprint density at radius 2 is 1.75 bits per heavy atom. The summed E-state index contributed by atoms with van der Waals surface area (Å²) in [6.45, 7) is 1.50. The van der Waals surface area contributed by atoms with E-state index in [4.69, 9.17) is 21.8 Å². The Kier molecular flexibility index (Phi) is 9.58. The highest BCUT2D eigenvalue weighted by atomic mass is 35.5. The lowest BCUT2D eigenvalue weighted by molar-refractivity contribution is -0.168. The van der Waals surface area contributed by atoms with Gasteiger partial charge < -0.3 is 20.4 Å². The SMILES string of the molecule is CC(=O)c1cc(Cl)ccc1CCCCCCC(O)CC(O)(CC(=O)O)C(=O)O. The average Bonchev–Trinajstić information content (AvgIpc) is 2.57. The van der Waals surface area contributed by atoms with Crippen molar-refractivity contribution in [3.05, 3.63) is 34.3 Å². The molecule has 4 N–H and O–H groups in total. The number of Topliss-reactive ketones (excluding diaryl/α,β-unsaturated/α-hetero) is 1. The standard InChI is InChI=1S/C20H27ClO7/c1-13(22)17-10-15(21)9-8-14(17)6-4-2-3-5-7-16(23)11-20(28,19(26)27)12-18(24)25/h8-10,16,23,28H,2-7,11-12H2,1H3,(H,24,25)(H,26,27). The Morgan fingerprint density at radius 1 is 1.11 bits per heavy atom. The quantitative estimate of drug-likeness (QED) is 0.288. The van der Waals surface area contributed by atoms with Gasteiger partial charge in [0, 0.05) is 17.0 Å². The number of ketones is 1. The summed E-state index contributed by atoms with van der Waals surface area (Å²) in [4.78, 5) is 33.5. The Morgan fingerprint density at radius 3 is 2.32 bits per heavy atom. The molecule has 2 unspecified atom stereocenters. The minimum atomic E-state index is -2.47. The maximum atomic E-state index is 11.7. The number of hydrogen-bond donors (Lipinski definition) is 4. The molecule has 1 rings (SSSR count). The number of aliphatic carboxylic acids is 2. The number of halogens is 1. The number of carbonyl (C=O) groups excluding carboxylic acids is 1. The third-order valence-corrected chi connectivity index (χ3v) is 4.83. The van der Waals surface area contributed by atoms with Crippen LogP contribution in [0.3, 0.4) is 0 Å². The number of benzene rings is 1. The second-order valence-electron chi connectivity index (χ2n) is 7.08. The van der Waals surface area contributed by atoms with Crippen LogP contribution in [0.1, 0.15) is 67.8 Å². The van der Waals surface area contributed by atoms with Crippen LogP contribution in [-0.2, 0) is 16.0 Å². The molecule has 7 nitrogen and oxygen atoms in total. The summed E-state index contributed by atoms with van der Waals surface area (Å²) in [5.41, 5.74) is -0.908. The van der Waals surface area contributed by atoms with Crippen LogP contribution in [0, 0.1) is 0 Å². The lowest BCUT2D eigenvalue weighted by Crippen LogP contribution is -2.43. The summed E-state index contributed by atoms with van der Waals surface area (Å²) in [6, 6.07) is 5.26. The second kappa shape index (κ2) is 11.1. The Balaban J connectivity index is 2.37. The van der Waals surface area contributed by atoms with Gasteiger partial charge in [-0.3, -0.25) is 9.59 Å². The number of carbonyl (C=O) groups is 3. The van der Waals surface area contributed by atoms with Gasteiger partial charge in [-0.1, -0.05) is 36.9 Å². The molecule has 0 spiro atoms. The van der Waals surface area contributed by atoms with E-state index < -0.39 is 36.5 Å². The molecule has 0 aliphatic heterocycles. The Hall–Kier alpha value is -1.96. The third-order valence-electron chi connectivity index (χ3n) is 4.60. The smallest absolute Gasteiger partial charge is 0.336 e. The first-order chi connectivity index (χ1) is 13.0. The summed E-state index contributed by atoms with van der Waals surface area (Å²) in [5, 5.41) is 38.1. The monoisotopic (exact) mass is 414 g/mol. The van der Waals surface area contributed by atoms with Crippen molar-refractivity contribution in [3.8, 4) is 0 Å². The topological polar surface area (TPSA) is 132 Å². The minimum Gasteiger partial charge on any atom is -0.481 e. The third kappa shape index (κ3) is 7.96. The summed E-state index contributed by atoms with van der Waals surface area (Å²) < 4.78 is 0. The van der Waals surface area contributed by atoms with E-state index in [2.05, 4.69) is 0 Å².